The average molecular weight is 303 g/mol. The lowest BCUT2D eigenvalue weighted by Crippen LogP contribution is -2.49. The summed E-state index contributed by atoms with van der Waals surface area (Å²) in [5.74, 6) is 0.235. The lowest BCUT2D eigenvalue weighted by molar-refractivity contribution is -0.136. The van der Waals surface area contributed by atoms with Crippen LogP contribution in [0.2, 0.25) is 0 Å². The predicted octanol–water partition coefficient (Wildman–Crippen LogP) is 2.22. The molecule has 1 aromatic heterocycles. The standard InChI is InChI=1S/C11H15BrN2OS/c1-13-9-3-2-6-14(11(9)15)7-8-4-5-10(12)16-8/h4-5,9,13H,2-3,6-7H2,1H3. The van der Waals surface area contributed by atoms with E-state index < -0.39 is 0 Å². The molecule has 1 saturated heterocycles. The van der Waals surface area contributed by atoms with E-state index in [1.165, 1.54) is 4.88 Å². The Morgan fingerprint density at radius 2 is 2.44 bits per heavy atom. The van der Waals surface area contributed by atoms with Gasteiger partial charge in [0.15, 0.2) is 0 Å². The number of carbonyl (C=O) groups is 1. The van der Waals surface area contributed by atoms with Crippen molar-refractivity contribution in [3.05, 3.63) is 20.8 Å². The van der Waals surface area contributed by atoms with Gasteiger partial charge in [-0.05, 0) is 48.0 Å². The molecule has 1 aliphatic heterocycles. The second-order valence-electron chi connectivity index (χ2n) is 3.95. The minimum Gasteiger partial charge on any atom is -0.336 e. The summed E-state index contributed by atoms with van der Waals surface area (Å²) in [5, 5.41) is 3.08. The maximum Gasteiger partial charge on any atom is 0.240 e. The van der Waals surface area contributed by atoms with Gasteiger partial charge in [-0.25, -0.2) is 0 Å². The molecule has 16 heavy (non-hydrogen) atoms. The Morgan fingerprint density at radius 3 is 3.06 bits per heavy atom. The first-order valence-electron chi connectivity index (χ1n) is 5.41. The lowest BCUT2D eigenvalue weighted by Gasteiger charge is -2.31. The van der Waals surface area contributed by atoms with Crippen LogP contribution in [0.1, 0.15) is 17.7 Å². The van der Waals surface area contributed by atoms with Crippen molar-refractivity contribution in [2.75, 3.05) is 13.6 Å². The van der Waals surface area contributed by atoms with E-state index in [1.807, 2.05) is 18.0 Å². The number of rotatable bonds is 3. The number of hydrogen-bond donors (Lipinski definition) is 1. The van der Waals surface area contributed by atoms with Gasteiger partial charge in [-0.2, -0.15) is 0 Å². The highest BCUT2D eigenvalue weighted by atomic mass is 79.9. The molecule has 88 valence electrons. The lowest BCUT2D eigenvalue weighted by atomic mass is 10.1. The summed E-state index contributed by atoms with van der Waals surface area (Å²) in [4.78, 5) is 15.2. The third-order valence-electron chi connectivity index (χ3n) is 2.85. The monoisotopic (exact) mass is 302 g/mol. The average Bonchev–Trinajstić information content (AvgIpc) is 2.67. The van der Waals surface area contributed by atoms with E-state index in [0.717, 1.165) is 29.7 Å². The Bertz CT molecular complexity index is 380. The smallest absolute Gasteiger partial charge is 0.240 e. The first-order valence-corrected chi connectivity index (χ1v) is 7.02. The first-order chi connectivity index (χ1) is 7.70. The summed E-state index contributed by atoms with van der Waals surface area (Å²) >= 11 is 5.13. The van der Waals surface area contributed by atoms with Crippen molar-refractivity contribution in [1.29, 1.82) is 0 Å². The Hall–Kier alpha value is -0.390. The number of likely N-dealkylation sites (tertiary alicyclic amines) is 1. The molecule has 1 unspecified atom stereocenters. The molecule has 0 bridgehead atoms. The Labute approximate surface area is 108 Å². The zero-order valence-corrected chi connectivity index (χ0v) is 11.6. The molecule has 1 amide bonds. The summed E-state index contributed by atoms with van der Waals surface area (Å²) in [5.41, 5.74) is 0. The number of nitrogens with zero attached hydrogens (tertiary/aromatic N) is 1. The Morgan fingerprint density at radius 1 is 1.62 bits per heavy atom. The summed E-state index contributed by atoms with van der Waals surface area (Å²) < 4.78 is 1.12. The predicted molar refractivity (Wildman–Crippen MR) is 69.5 cm³/mol. The molecule has 1 aliphatic rings. The molecule has 0 spiro atoms. The number of nitrogens with one attached hydrogen (secondary N) is 1. The zero-order valence-electron chi connectivity index (χ0n) is 9.20. The summed E-state index contributed by atoms with van der Waals surface area (Å²) in [6.07, 6.45) is 2.05. The van der Waals surface area contributed by atoms with Crippen molar-refractivity contribution in [3.8, 4) is 0 Å². The van der Waals surface area contributed by atoms with E-state index in [4.69, 9.17) is 0 Å². The van der Waals surface area contributed by atoms with E-state index in [0.29, 0.717) is 0 Å². The molecule has 0 aliphatic carbocycles. The number of amides is 1. The number of piperidine rings is 1. The van der Waals surface area contributed by atoms with Crippen LogP contribution in [0.3, 0.4) is 0 Å². The quantitative estimate of drug-likeness (QED) is 0.928. The van der Waals surface area contributed by atoms with Gasteiger partial charge >= 0.3 is 0 Å². The fraction of sp³-hybridized carbons (Fsp3) is 0.545. The van der Waals surface area contributed by atoms with Crippen molar-refractivity contribution in [2.45, 2.75) is 25.4 Å². The maximum absolute atomic E-state index is 12.0. The van der Waals surface area contributed by atoms with Gasteiger partial charge in [-0.1, -0.05) is 0 Å². The Balaban J connectivity index is 2.01. The fourth-order valence-corrected chi connectivity index (χ4v) is 3.49. The molecular formula is C11H15BrN2OS. The Kier molecular flexibility index (Phi) is 4.00. The molecule has 1 atom stereocenters. The van der Waals surface area contributed by atoms with Crippen LogP contribution in [-0.2, 0) is 11.3 Å². The van der Waals surface area contributed by atoms with Gasteiger partial charge in [0.25, 0.3) is 0 Å². The van der Waals surface area contributed by atoms with Crippen LogP contribution in [0.25, 0.3) is 0 Å². The van der Waals surface area contributed by atoms with Crippen LogP contribution in [0.4, 0.5) is 0 Å². The van der Waals surface area contributed by atoms with Crippen LogP contribution >= 0.6 is 27.3 Å². The van der Waals surface area contributed by atoms with Crippen molar-refractivity contribution in [2.24, 2.45) is 0 Å². The maximum atomic E-state index is 12.0. The number of thiophene rings is 1. The summed E-state index contributed by atoms with van der Waals surface area (Å²) in [7, 11) is 1.85. The molecular weight excluding hydrogens is 288 g/mol. The SMILES string of the molecule is CNC1CCCN(Cc2ccc(Br)s2)C1=O. The van der Waals surface area contributed by atoms with Gasteiger partial charge in [-0.15, -0.1) is 11.3 Å². The molecule has 2 rings (SSSR count). The van der Waals surface area contributed by atoms with Gasteiger partial charge in [-0.3, -0.25) is 4.79 Å². The fourth-order valence-electron chi connectivity index (χ4n) is 1.99. The third kappa shape index (κ3) is 2.64. The van der Waals surface area contributed by atoms with Gasteiger partial charge in [0.1, 0.15) is 0 Å². The molecule has 1 N–H and O–H groups in total. The van der Waals surface area contributed by atoms with Crippen LogP contribution in [0, 0.1) is 0 Å². The van der Waals surface area contributed by atoms with Crippen LogP contribution in [0.5, 0.6) is 0 Å². The van der Waals surface area contributed by atoms with Crippen LogP contribution in [0.15, 0.2) is 15.9 Å². The normalized spacial score (nSPS) is 21.5. The van der Waals surface area contributed by atoms with Crippen molar-refractivity contribution >= 4 is 33.2 Å². The molecule has 1 fully saturated rings. The minimum absolute atomic E-state index is 0.0113. The van der Waals surface area contributed by atoms with E-state index >= 15 is 0 Å². The molecule has 0 radical (unpaired) electrons. The van der Waals surface area contributed by atoms with Gasteiger partial charge in [0, 0.05) is 11.4 Å². The number of likely N-dealkylation sites (N-methyl/N-ethyl adjacent to an activating group) is 1. The summed E-state index contributed by atoms with van der Waals surface area (Å²) in [6, 6.07) is 4.12. The molecule has 1 aromatic rings. The molecule has 3 nitrogen and oxygen atoms in total. The second-order valence-corrected chi connectivity index (χ2v) is 6.50. The van der Waals surface area contributed by atoms with Gasteiger partial charge in [0.2, 0.25) is 5.91 Å². The minimum atomic E-state index is 0.0113. The van der Waals surface area contributed by atoms with E-state index in [1.54, 1.807) is 11.3 Å². The zero-order chi connectivity index (χ0) is 11.5. The van der Waals surface area contributed by atoms with Gasteiger partial charge in [0.05, 0.1) is 16.4 Å². The van der Waals surface area contributed by atoms with E-state index in [9.17, 15) is 4.79 Å². The molecule has 5 heteroatoms. The summed E-state index contributed by atoms with van der Waals surface area (Å²) in [6.45, 7) is 1.62. The van der Waals surface area contributed by atoms with Crippen molar-refractivity contribution < 1.29 is 4.79 Å². The van der Waals surface area contributed by atoms with Crippen LogP contribution in [-0.4, -0.2) is 30.4 Å². The molecule has 2 heterocycles. The molecule has 0 saturated carbocycles. The van der Waals surface area contributed by atoms with Crippen molar-refractivity contribution in [3.63, 3.8) is 0 Å². The molecule has 0 aromatic carbocycles. The topological polar surface area (TPSA) is 32.3 Å². The number of halogens is 1. The largest absolute Gasteiger partial charge is 0.336 e. The van der Waals surface area contributed by atoms with Gasteiger partial charge < -0.3 is 10.2 Å². The second kappa shape index (κ2) is 5.29. The van der Waals surface area contributed by atoms with E-state index in [2.05, 4.69) is 27.3 Å². The highest BCUT2D eigenvalue weighted by Gasteiger charge is 2.27. The number of hydrogen-bond acceptors (Lipinski definition) is 3. The highest BCUT2D eigenvalue weighted by Crippen LogP contribution is 2.24. The first kappa shape index (κ1) is 12.1. The van der Waals surface area contributed by atoms with Crippen LogP contribution < -0.4 is 5.32 Å². The van der Waals surface area contributed by atoms with Crippen molar-refractivity contribution in [1.82, 2.24) is 10.2 Å². The highest BCUT2D eigenvalue weighted by molar-refractivity contribution is 9.11. The third-order valence-corrected chi connectivity index (χ3v) is 4.46. The number of carbonyl (C=O) groups excluding carboxylic acids is 1. The van der Waals surface area contributed by atoms with E-state index in [-0.39, 0.29) is 11.9 Å².